The van der Waals surface area contributed by atoms with Crippen molar-refractivity contribution in [1.29, 1.82) is 0 Å². The lowest BCUT2D eigenvalue weighted by Gasteiger charge is -2.32. The zero-order valence-electron chi connectivity index (χ0n) is 22.8. The van der Waals surface area contributed by atoms with Gasteiger partial charge in [-0.05, 0) is 49.6 Å². The van der Waals surface area contributed by atoms with E-state index in [1.165, 1.54) is 0 Å². The minimum atomic E-state index is -1.13. The van der Waals surface area contributed by atoms with Gasteiger partial charge in [0.15, 0.2) is 12.1 Å². The lowest BCUT2D eigenvalue weighted by molar-refractivity contribution is -0.223. The Morgan fingerprint density at radius 3 is 2.33 bits per heavy atom. The highest BCUT2D eigenvalue weighted by Gasteiger charge is 2.57. The highest BCUT2D eigenvalue weighted by molar-refractivity contribution is 9.10. The van der Waals surface area contributed by atoms with Gasteiger partial charge >= 0.3 is 5.97 Å². The molecule has 2 amide bonds. The minimum Gasteiger partial charge on any atom is -0.481 e. The van der Waals surface area contributed by atoms with Crippen LogP contribution in [0.15, 0.2) is 59.1 Å². The first kappa shape index (κ1) is 30.1. The van der Waals surface area contributed by atoms with Gasteiger partial charge in [-0.25, -0.2) is 0 Å². The van der Waals surface area contributed by atoms with E-state index in [2.05, 4.69) is 26.6 Å². The molecule has 216 valence electrons. The molecule has 2 aliphatic heterocycles. The zero-order chi connectivity index (χ0) is 29.0. The standard InChI is InChI=1S/C29H35BrN2O8/c1-16(2)22(32-26(35)18-10-12-19(30)13-11-18)27(36)31-20(14-21(33)34)23-24(37-15-17-8-6-5-7-9-17)25-28(38-23)40-29(3,4)39-25/h5-13,16,20,22-25,28H,14-15H2,1-4H3,(H,31,36)(H,32,35)(H,33,34)/t20-,22+,23-,24+,25-,28-/m1/s1. The van der Waals surface area contributed by atoms with Crippen LogP contribution in [0.4, 0.5) is 0 Å². The van der Waals surface area contributed by atoms with Gasteiger partial charge in [0.25, 0.3) is 5.91 Å². The van der Waals surface area contributed by atoms with Crippen molar-refractivity contribution in [3.63, 3.8) is 0 Å². The summed E-state index contributed by atoms with van der Waals surface area (Å²) < 4.78 is 25.2. The van der Waals surface area contributed by atoms with Crippen molar-refractivity contribution in [1.82, 2.24) is 10.6 Å². The maximum Gasteiger partial charge on any atom is 0.305 e. The first-order chi connectivity index (χ1) is 18.9. The smallest absolute Gasteiger partial charge is 0.305 e. The third kappa shape index (κ3) is 7.46. The van der Waals surface area contributed by atoms with E-state index in [4.69, 9.17) is 18.9 Å². The number of halogens is 1. The van der Waals surface area contributed by atoms with Gasteiger partial charge < -0.3 is 34.7 Å². The van der Waals surface area contributed by atoms with Crippen molar-refractivity contribution in [3.8, 4) is 0 Å². The van der Waals surface area contributed by atoms with Gasteiger partial charge in [0.2, 0.25) is 5.91 Å². The number of amides is 2. The largest absolute Gasteiger partial charge is 0.481 e. The Balaban J connectivity index is 1.53. The number of hydrogen-bond acceptors (Lipinski definition) is 7. The van der Waals surface area contributed by atoms with E-state index < -0.39 is 66.7 Å². The summed E-state index contributed by atoms with van der Waals surface area (Å²) in [6, 6.07) is 14.3. The number of nitrogens with one attached hydrogen (secondary N) is 2. The summed E-state index contributed by atoms with van der Waals surface area (Å²) in [5.74, 6) is -3.28. The Bertz CT molecular complexity index is 1190. The molecule has 2 aromatic carbocycles. The van der Waals surface area contributed by atoms with Crippen LogP contribution in [0.5, 0.6) is 0 Å². The van der Waals surface area contributed by atoms with Crippen molar-refractivity contribution in [3.05, 3.63) is 70.2 Å². The van der Waals surface area contributed by atoms with Crippen LogP contribution in [0, 0.1) is 5.92 Å². The van der Waals surface area contributed by atoms with E-state index in [9.17, 15) is 19.5 Å². The molecular weight excluding hydrogens is 584 g/mol. The Labute approximate surface area is 241 Å². The van der Waals surface area contributed by atoms with Gasteiger partial charge in [-0.15, -0.1) is 0 Å². The van der Waals surface area contributed by atoms with Crippen LogP contribution in [-0.4, -0.2) is 65.4 Å². The summed E-state index contributed by atoms with van der Waals surface area (Å²) in [4.78, 5) is 38.3. The van der Waals surface area contributed by atoms with Crippen molar-refractivity contribution in [2.45, 2.75) is 83.2 Å². The van der Waals surface area contributed by atoms with Gasteiger partial charge in [-0.2, -0.15) is 0 Å². The SMILES string of the molecule is CC(C)[C@H](NC(=O)c1ccc(Br)cc1)C(=O)N[C@H](CC(=O)O)[C@H]1O[C@@H]2OC(C)(C)O[C@@H]2[C@H]1OCc1ccccc1. The van der Waals surface area contributed by atoms with Gasteiger partial charge in [-0.1, -0.05) is 60.1 Å². The fourth-order valence-corrected chi connectivity index (χ4v) is 5.12. The van der Waals surface area contributed by atoms with Crippen LogP contribution in [0.2, 0.25) is 0 Å². The average molecular weight is 620 g/mol. The van der Waals surface area contributed by atoms with Crippen LogP contribution in [-0.2, 0) is 35.1 Å². The summed E-state index contributed by atoms with van der Waals surface area (Å²) in [6.45, 7) is 7.34. The van der Waals surface area contributed by atoms with E-state index in [0.717, 1.165) is 10.0 Å². The molecule has 2 saturated heterocycles. The van der Waals surface area contributed by atoms with Crippen LogP contribution >= 0.6 is 15.9 Å². The van der Waals surface area contributed by atoms with Crippen molar-refractivity contribution in [2.75, 3.05) is 0 Å². The Morgan fingerprint density at radius 2 is 1.70 bits per heavy atom. The summed E-state index contributed by atoms with van der Waals surface area (Å²) >= 11 is 3.34. The van der Waals surface area contributed by atoms with Crippen LogP contribution in [0.25, 0.3) is 0 Å². The monoisotopic (exact) mass is 618 g/mol. The van der Waals surface area contributed by atoms with Crippen LogP contribution < -0.4 is 10.6 Å². The molecule has 3 N–H and O–H groups in total. The number of carboxylic acid groups (broad SMARTS) is 1. The second kappa shape index (κ2) is 12.8. The molecule has 0 spiro atoms. The quantitative estimate of drug-likeness (QED) is 0.348. The molecule has 4 rings (SSSR count). The van der Waals surface area contributed by atoms with Crippen LogP contribution in [0.3, 0.4) is 0 Å². The lowest BCUT2D eigenvalue weighted by Crippen LogP contribution is -2.57. The number of benzene rings is 2. The zero-order valence-corrected chi connectivity index (χ0v) is 24.4. The molecule has 6 atom stereocenters. The first-order valence-electron chi connectivity index (χ1n) is 13.2. The summed E-state index contributed by atoms with van der Waals surface area (Å²) in [6.07, 6.45) is -3.48. The van der Waals surface area contributed by atoms with E-state index in [0.29, 0.717) is 5.56 Å². The predicted molar refractivity (Wildman–Crippen MR) is 148 cm³/mol. The molecule has 2 heterocycles. The molecule has 0 saturated carbocycles. The second-order valence-electron chi connectivity index (χ2n) is 10.7. The van der Waals surface area contributed by atoms with E-state index in [1.807, 2.05) is 30.3 Å². The average Bonchev–Trinajstić information content (AvgIpc) is 3.37. The third-order valence-corrected chi connectivity index (χ3v) is 7.30. The second-order valence-corrected chi connectivity index (χ2v) is 11.7. The van der Waals surface area contributed by atoms with Crippen molar-refractivity contribution >= 4 is 33.7 Å². The van der Waals surface area contributed by atoms with Gasteiger partial charge in [-0.3, -0.25) is 14.4 Å². The number of carbonyl (C=O) groups excluding carboxylic acids is 2. The maximum atomic E-state index is 13.5. The lowest BCUT2D eigenvalue weighted by atomic mass is 9.98. The molecule has 11 heteroatoms. The van der Waals surface area contributed by atoms with E-state index >= 15 is 0 Å². The minimum absolute atomic E-state index is 0.226. The molecule has 40 heavy (non-hydrogen) atoms. The highest BCUT2D eigenvalue weighted by atomic mass is 79.9. The van der Waals surface area contributed by atoms with Gasteiger partial charge in [0.05, 0.1) is 19.1 Å². The number of fused-ring (bicyclic) bond motifs is 1. The molecule has 0 bridgehead atoms. The molecule has 2 fully saturated rings. The fraction of sp³-hybridized carbons (Fsp3) is 0.483. The molecule has 0 radical (unpaired) electrons. The Hall–Kier alpha value is -2.83. The van der Waals surface area contributed by atoms with Crippen molar-refractivity contribution < 1.29 is 38.4 Å². The number of ether oxygens (including phenoxy) is 4. The number of hydrogen-bond donors (Lipinski definition) is 3. The number of carbonyl (C=O) groups is 3. The molecule has 0 aliphatic carbocycles. The Kier molecular flexibility index (Phi) is 9.63. The Morgan fingerprint density at radius 1 is 1.02 bits per heavy atom. The van der Waals surface area contributed by atoms with E-state index in [-0.39, 0.29) is 12.5 Å². The molecule has 2 aliphatic rings. The normalized spacial score (nSPS) is 24.8. The number of rotatable bonds is 11. The molecule has 10 nitrogen and oxygen atoms in total. The first-order valence-corrected chi connectivity index (χ1v) is 14.0. The number of aliphatic carboxylic acids is 1. The number of carboxylic acids is 1. The summed E-state index contributed by atoms with van der Waals surface area (Å²) in [5.41, 5.74) is 1.30. The van der Waals surface area contributed by atoms with Crippen LogP contribution in [0.1, 0.15) is 50.0 Å². The fourth-order valence-electron chi connectivity index (χ4n) is 4.86. The molecule has 0 aromatic heterocycles. The van der Waals surface area contributed by atoms with Gasteiger partial charge in [0.1, 0.15) is 24.4 Å². The maximum absolute atomic E-state index is 13.5. The van der Waals surface area contributed by atoms with E-state index in [1.54, 1.807) is 52.0 Å². The third-order valence-electron chi connectivity index (χ3n) is 6.77. The van der Waals surface area contributed by atoms with Crippen molar-refractivity contribution in [2.24, 2.45) is 5.92 Å². The highest BCUT2D eigenvalue weighted by Crippen LogP contribution is 2.40. The molecule has 2 aromatic rings. The topological polar surface area (TPSA) is 132 Å². The molecule has 0 unspecified atom stereocenters. The predicted octanol–water partition coefficient (Wildman–Crippen LogP) is 3.62. The summed E-state index contributed by atoms with van der Waals surface area (Å²) in [5, 5.41) is 15.3. The van der Waals surface area contributed by atoms with Gasteiger partial charge in [0, 0.05) is 10.0 Å². The molecular formula is C29H35BrN2O8. The summed E-state index contributed by atoms with van der Waals surface area (Å²) in [7, 11) is 0.